The van der Waals surface area contributed by atoms with Crippen molar-refractivity contribution in [2.75, 3.05) is 14.2 Å². The van der Waals surface area contributed by atoms with E-state index in [4.69, 9.17) is 18.8 Å². The highest BCUT2D eigenvalue weighted by atomic mass is 16.7. The van der Waals surface area contributed by atoms with E-state index in [2.05, 4.69) is 45.9 Å². The lowest BCUT2D eigenvalue weighted by atomic mass is 9.78. The summed E-state index contributed by atoms with van der Waals surface area (Å²) in [6.45, 7) is 8.21. The molecule has 1 aliphatic rings. The van der Waals surface area contributed by atoms with E-state index in [1.807, 2.05) is 36.4 Å². The second-order valence-electron chi connectivity index (χ2n) is 7.73. The monoisotopic (exact) mass is 366 g/mol. The molecule has 0 amide bonds. The molecule has 27 heavy (non-hydrogen) atoms. The Morgan fingerprint density at radius 1 is 0.741 bits per heavy atom. The summed E-state index contributed by atoms with van der Waals surface area (Å²) in [6, 6.07) is 14.0. The summed E-state index contributed by atoms with van der Waals surface area (Å²) in [5.41, 5.74) is 2.31. The SMILES string of the molecule is COc1ccc(/C=C/c2cc(OC)cc(B3OC(C)(C)C(C)(C)O3)c2)cc1. The van der Waals surface area contributed by atoms with Gasteiger partial charge in [-0.1, -0.05) is 30.4 Å². The zero-order valence-corrected chi connectivity index (χ0v) is 16.9. The van der Waals surface area contributed by atoms with Gasteiger partial charge in [-0.2, -0.15) is 0 Å². The van der Waals surface area contributed by atoms with Gasteiger partial charge in [0, 0.05) is 0 Å². The van der Waals surface area contributed by atoms with Gasteiger partial charge < -0.3 is 18.8 Å². The molecule has 1 aliphatic heterocycles. The summed E-state index contributed by atoms with van der Waals surface area (Å²) in [6.07, 6.45) is 4.11. The molecule has 5 heteroatoms. The third kappa shape index (κ3) is 4.20. The number of hydrogen-bond acceptors (Lipinski definition) is 4. The molecule has 1 saturated heterocycles. The van der Waals surface area contributed by atoms with Gasteiger partial charge in [0.15, 0.2) is 0 Å². The minimum Gasteiger partial charge on any atom is -0.497 e. The predicted octanol–water partition coefficient (Wildman–Crippen LogP) is 4.17. The van der Waals surface area contributed by atoms with Crippen molar-refractivity contribution in [3.05, 3.63) is 53.6 Å². The van der Waals surface area contributed by atoms with Crippen LogP contribution in [0.4, 0.5) is 0 Å². The van der Waals surface area contributed by atoms with Crippen molar-refractivity contribution in [2.45, 2.75) is 38.9 Å². The molecule has 0 aromatic heterocycles. The van der Waals surface area contributed by atoms with Gasteiger partial charge in [-0.05, 0) is 68.6 Å². The van der Waals surface area contributed by atoms with Crippen LogP contribution in [0, 0.1) is 0 Å². The molecular weight excluding hydrogens is 339 g/mol. The van der Waals surface area contributed by atoms with Crippen LogP contribution >= 0.6 is 0 Å². The molecule has 4 nitrogen and oxygen atoms in total. The van der Waals surface area contributed by atoms with E-state index in [9.17, 15) is 0 Å². The Bertz CT molecular complexity index is 809. The second-order valence-corrected chi connectivity index (χ2v) is 7.73. The van der Waals surface area contributed by atoms with Crippen molar-refractivity contribution in [2.24, 2.45) is 0 Å². The lowest BCUT2D eigenvalue weighted by molar-refractivity contribution is 0.00578. The Morgan fingerprint density at radius 3 is 1.85 bits per heavy atom. The van der Waals surface area contributed by atoms with Crippen molar-refractivity contribution in [3.63, 3.8) is 0 Å². The molecule has 1 fully saturated rings. The number of hydrogen-bond donors (Lipinski definition) is 0. The van der Waals surface area contributed by atoms with E-state index in [1.54, 1.807) is 14.2 Å². The van der Waals surface area contributed by atoms with Crippen LogP contribution in [0.15, 0.2) is 42.5 Å². The fourth-order valence-corrected chi connectivity index (χ4v) is 2.88. The lowest BCUT2D eigenvalue weighted by Crippen LogP contribution is -2.41. The third-order valence-electron chi connectivity index (χ3n) is 5.30. The van der Waals surface area contributed by atoms with Crippen molar-refractivity contribution < 1.29 is 18.8 Å². The molecule has 0 aliphatic carbocycles. The average Bonchev–Trinajstić information content (AvgIpc) is 2.87. The minimum atomic E-state index is -0.418. The van der Waals surface area contributed by atoms with E-state index in [1.165, 1.54) is 0 Å². The Balaban J connectivity index is 1.86. The first-order valence-electron chi connectivity index (χ1n) is 9.11. The van der Waals surface area contributed by atoms with Crippen molar-refractivity contribution in [1.82, 2.24) is 0 Å². The summed E-state index contributed by atoms with van der Waals surface area (Å²) in [4.78, 5) is 0. The maximum Gasteiger partial charge on any atom is 0.494 e. The molecule has 0 atom stereocenters. The van der Waals surface area contributed by atoms with Gasteiger partial charge in [-0.3, -0.25) is 0 Å². The van der Waals surface area contributed by atoms with Crippen LogP contribution in [-0.2, 0) is 9.31 Å². The lowest BCUT2D eigenvalue weighted by Gasteiger charge is -2.32. The van der Waals surface area contributed by atoms with Crippen LogP contribution in [0.1, 0.15) is 38.8 Å². The van der Waals surface area contributed by atoms with Gasteiger partial charge in [-0.25, -0.2) is 0 Å². The topological polar surface area (TPSA) is 36.9 Å². The zero-order valence-electron chi connectivity index (χ0n) is 16.9. The van der Waals surface area contributed by atoms with E-state index in [-0.39, 0.29) is 11.2 Å². The Kier molecular flexibility index (Phi) is 5.36. The van der Waals surface area contributed by atoms with Crippen LogP contribution in [0.2, 0.25) is 0 Å². The van der Waals surface area contributed by atoms with Gasteiger partial charge in [0.25, 0.3) is 0 Å². The first kappa shape index (κ1) is 19.5. The first-order chi connectivity index (χ1) is 12.7. The predicted molar refractivity (Wildman–Crippen MR) is 111 cm³/mol. The van der Waals surface area contributed by atoms with Crippen LogP contribution in [0.25, 0.3) is 12.2 Å². The number of methoxy groups -OCH3 is 2. The highest BCUT2D eigenvalue weighted by molar-refractivity contribution is 6.62. The molecule has 2 aromatic rings. The molecular formula is C22H27BO4. The van der Waals surface area contributed by atoms with Crippen molar-refractivity contribution in [3.8, 4) is 11.5 Å². The standard InChI is InChI=1S/C22H27BO4/c1-21(2)22(3,4)27-23(26-21)18-13-17(14-20(15-18)25-6)8-7-16-9-11-19(24-5)12-10-16/h7-15H,1-6H3/b8-7+. The summed E-state index contributed by atoms with van der Waals surface area (Å²) in [7, 11) is 2.91. The van der Waals surface area contributed by atoms with E-state index in [0.717, 1.165) is 28.1 Å². The molecule has 0 spiro atoms. The van der Waals surface area contributed by atoms with Gasteiger partial charge in [-0.15, -0.1) is 0 Å². The maximum atomic E-state index is 6.18. The fraction of sp³-hybridized carbons (Fsp3) is 0.364. The summed E-state index contributed by atoms with van der Waals surface area (Å²) in [5.74, 6) is 1.62. The van der Waals surface area contributed by atoms with Gasteiger partial charge in [0.2, 0.25) is 0 Å². The van der Waals surface area contributed by atoms with Crippen LogP contribution in [0.5, 0.6) is 11.5 Å². The smallest absolute Gasteiger partial charge is 0.494 e. The third-order valence-corrected chi connectivity index (χ3v) is 5.30. The van der Waals surface area contributed by atoms with Crippen LogP contribution in [0.3, 0.4) is 0 Å². The van der Waals surface area contributed by atoms with E-state index in [0.29, 0.717) is 0 Å². The van der Waals surface area contributed by atoms with Crippen LogP contribution < -0.4 is 14.9 Å². The van der Waals surface area contributed by atoms with Gasteiger partial charge >= 0.3 is 7.12 Å². The normalized spacial score (nSPS) is 18.1. The largest absolute Gasteiger partial charge is 0.497 e. The summed E-state index contributed by atoms with van der Waals surface area (Å²) < 4.78 is 23.0. The molecule has 3 rings (SSSR count). The molecule has 0 unspecified atom stereocenters. The Morgan fingerprint density at radius 2 is 1.30 bits per heavy atom. The molecule has 1 heterocycles. The van der Waals surface area contributed by atoms with Gasteiger partial charge in [0.05, 0.1) is 25.4 Å². The van der Waals surface area contributed by atoms with E-state index < -0.39 is 7.12 Å². The summed E-state index contributed by atoms with van der Waals surface area (Å²) >= 11 is 0. The highest BCUT2D eigenvalue weighted by Crippen LogP contribution is 2.36. The quantitative estimate of drug-likeness (QED) is 0.588. The molecule has 0 N–H and O–H groups in total. The number of rotatable bonds is 5. The van der Waals surface area contributed by atoms with Crippen LogP contribution in [-0.4, -0.2) is 32.5 Å². The number of ether oxygens (including phenoxy) is 2. The minimum absolute atomic E-state index is 0.375. The first-order valence-corrected chi connectivity index (χ1v) is 9.11. The molecule has 2 aromatic carbocycles. The Hall–Kier alpha value is -2.24. The van der Waals surface area contributed by atoms with Crippen molar-refractivity contribution >= 4 is 24.7 Å². The van der Waals surface area contributed by atoms with E-state index >= 15 is 0 Å². The fourth-order valence-electron chi connectivity index (χ4n) is 2.88. The molecule has 142 valence electrons. The summed E-state index contributed by atoms with van der Waals surface area (Å²) in [5, 5.41) is 0. The maximum absolute atomic E-state index is 6.18. The van der Waals surface area contributed by atoms with Crippen molar-refractivity contribution in [1.29, 1.82) is 0 Å². The molecule has 0 saturated carbocycles. The molecule has 0 radical (unpaired) electrons. The highest BCUT2D eigenvalue weighted by Gasteiger charge is 2.51. The van der Waals surface area contributed by atoms with Gasteiger partial charge in [0.1, 0.15) is 11.5 Å². The number of benzene rings is 2. The second kappa shape index (κ2) is 7.41. The zero-order chi connectivity index (χ0) is 19.7. The average molecular weight is 366 g/mol. The molecule has 0 bridgehead atoms. The Labute approximate surface area is 162 Å².